The maximum atomic E-state index is 11.2. The Bertz CT molecular complexity index is 360. The van der Waals surface area contributed by atoms with Gasteiger partial charge in [0.25, 0.3) is 0 Å². The predicted octanol–water partition coefficient (Wildman–Crippen LogP) is 1.85. The lowest BCUT2D eigenvalue weighted by Gasteiger charge is -2.09. The molecule has 3 heteroatoms. The fourth-order valence-corrected chi connectivity index (χ4v) is 1.21. The average molecular weight is 194 g/mol. The largest absolute Gasteiger partial charge is 0.504 e. The van der Waals surface area contributed by atoms with Crippen molar-refractivity contribution in [2.45, 2.75) is 20.0 Å². The second-order valence-corrected chi connectivity index (χ2v) is 3.02. The van der Waals surface area contributed by atoms with Gasteiger partial charge in [0.1, 0.15) is 0 Å². The summed E-state index contributed by atoms with van der Waals surface area (Å²) >= 11 is 0. The highest BCUT2D eigenvalue weighted by Gasteiger charge is 2.04. The molecule has 0 aliphatic heterocycles. The molecule has 1 aromatic rings. The van der Waals surface area contributed by atoms with Gasteiger partial charge in [0.05, 0.1) is 6.10 Å². The Morgan fingerprint density at radius 3 is 2.86 bits per heavy atom. The maximum Gasteiger partial charge on any atom is 0.220 e. The molecule has 0 aliphatic rings. The molecule has 1 N–H and O–H groups in total. The smallest absolute Gasteiger partial charge is 0.220 e. The van der Waals surface area contributed by atoms with Crippen LogP contribution in [0.25, 0.3) is 0 Å². The van der Waals surface area contributed by atoms with Gasteiger partial charge >= 0.3 is 0 Å². The predicted molar refractivity (Wildman–Crippen MR) is 54.4 cm³/mol. The fraction of sp³-hybridized carbons (Fsp3) is 0.364. The molecule has 0 fully saturated rings. The van der Waals surface area contributed by atoms with E-state index < -0.39 is 0 Å². The Balaban J connectivity index is 3.06. The van der Waals surface area contributed by atoms with E-state index >= 15 is 0 Å². The topological polar surface area (TPSA) is 46.5 Å². The normalized spacial score (nSPS) is 12.4. The molecule has 0 heterocycles. The average Bonchev–Trinajstić information content (AvgIpc) is 2.30. The third-order valence-electron chi connectivity index (χ3n) is 1.98. The van der Waals surface area contributed by atoms with Crippen LogP contribution in [-0.2, 0) is 4.74 Å². The van der Waals surface area contributed by atoms with Gasteiger partial charge in [0.2, 0.25) is 5.43 Å². The van der Waals surface area contributed by atoms with Crippen molar-refractivity contribution >= 4 is 0 Å². The second-order valence-electron chi connectivity index (χ2n) is 3.02. The zero-order valence-corrected chi connectivity index (χ0v) is 8.36. The molecule has 3 nitrogen and oxygen atoms in total. The van der Waals surface area contributed by atoms with E-state index in [4.69, 9.17) is 9.84 Å². The van der Waals surface area contributed by atoms with E-state index in [1.54, 1.807) is 12.1 Å². The molecular formula is C11H14O3. The van der Waals surface area contributed by atoms with E-state index in [-0.39, 0.29) is 17.3 Å². The van der Waals surface area contributed by atoms with Crippen molar-refractivity contribution in [3.05, 3.63) is 40.1 Å². The minimum absolute atomic E-state index is 0.125. The summed E-state index contributed by atoms with van der Waals surface area (Å²) in [5.41, 5.74) is 0.397. The number of hydrogen-bond donors (Lipinski definition) is 1. The van der Waals surface area contributed by atoms with Gasteiger partial charge in [0, 0.05) is 6.61 Å². The monoisotopic (exact) mass is 194 g/mol. The SMILES string of the molecule is CCOC(C)c1cccc(O)c(=O)c1. The molecule has 0 saturated heterocycles. The van der Waals surface area contributed by atoms with Crippen LogP contribution < -0.4 is 5.43 Å². The molecule has 0 aliphatic carbocycles. The standard InChI is InChI=1S/C11H14O3/c1-3-14-8(2)9-5-4-6-10(12)11(13)7-9/h4-8H,3H2,1-2H3,(H,12,13). The van der Waals surface area contributed by atoms with Gasteiger partial charge in [-0.1, -0.05) is 12.1 Å². The molecule has 0 spiro atoms. The lowest BCUT2D eigenvalue weighted by atomic mass is 10.2. The Morgan fingerprint density at radius 1 is 1.50 bits per heavy atom. The van der Waals surface area contributed by atoms with Crippen LogP contribution in [0.5, 0.6) is 5.75 Å². The van der Waals surface area contributed by atoms with Crippen LogP contribution in [0.2, 0.25) is 0 Å². The third kappa shape index (κ3) is 2.57. The van der Waals surface area contributed by atoms with Crippen LogP contribution in [0.15, 0.2) is 29.1 Å². The number of hydrogen-bond acceptors (Lipinski definition) is 3. The van der Waals surface area contributed by atoms with Crippen molar-refractivity contribution in [1.82, 2.24) is 0 Å². The van der Waals surface area contributed by atoms with E-state index in [0.29, 0.717) is 6.61 Å². The summed E-state index contributed by atoms with van der Waals surface area (Å²) in [4.78, 5) is 11.2. The van der Waals surface area contributed by atoms with Gasteiger partial charge in [-0.15, -0.1) is 0 Å². The summed E-state index contributed by atoms with van der Waals surface area (Å²) in [7, 11) is 0. The van der Waals surface area contributed by atoms with Crippen molar-refractivity contribution in [3.8, 4) is 5.75 Å². The number of aromatic hydroxyl groups is 1. The molecule has 0 aromatic heterocycles. The second kappa shape index (κ2) is 4.77. The first-order valence-corrected chi connectivity index (χ1v) is 4.60. The van der Waals surface area contributed by atoms with Crippen molar-refractivity contribution < 1.29 is 9.84 Å². The summed E-state index contributed by atoms with van der Waals surface area (Å²) in [6.07, 6.45) is -0.125. The maximum absolute atomic E-state index is 11.2. The van der Waals surface area contributed by atoms with Gasteiger partial charge in [-0.2, -0.15) is 0 Å². The van der Waals surface area contributed by atoms with Crippen LogP contribution in [0.4, 0.5) is 0 Å². The van der Waals surface area contributed by atoms with Crippen molar-refractivity contribution in [1.29, 1.82) is 0 Å². The molecule has 0 radical (unpaired) electrons. The molecular weight excluding hydrogens is 180 g/mol. The van der Waals surface area contributed by atoms with Crippen LogP contribution in [0.3, 0.4) is 0 Å². The number of rotatable bonds is 3. The molecule has 14 heavy (non-hydrogen) atoms. The highest BCUT2D eigenvalue weighted by atomic mass is 16.5. The third-order valence-corrected chi connectivity index (χ3v) is 1.98. The Labute approximate surface area is 83.0 Å². The highest BCUT2D eigenvalue weighted by Crippen LogP contribution is 2.14. The lowest BCUT2D eigenvalue weighted by Crippen LogP contribution is -2.02. The summed E-state index contributed by atoms with van der Waals surface area (Å²) in [6.45, 7) is 4.37. The van der Waals surface area contributed by atoms with Gasteiger partial charge in [0.15, 0.2) is 5.75 Å². The Hall–Kier alpha value is -1.35. The molecule has 0 saturated carbocycles. The van der Waals surface area contributed by atoms with Crippen molar-refractivity contribution in [2.75, 3.05) is 6.61 Å². The van der Waals surface area contributed by atoms with Gasteiger partial charge < -0.3 is 9.84 Å². The minimum Gasteiger partial charge on any atom is -0.504 e. The summed E-state index contributed by atoms with van der Waals surface area (Å²) in [5.74, 6) is -0.236. The van der Waals surface area contributed by atoms with E-state index in [1.165, 1.54) is 12.1 Å². The molecule has 1 rings (SSSR count). The van der Waals surface area contributed by atoms with Gasteiger partial charge in [-0.25, -0.2) is 0 Å². The lowest BCUT2D eigenvalue weighted by molar-refractivity contribution is 0.0764. The van der Waals surface area contributed by atoms with Crippen LogP contribution in [-0.4, -0.2) is 11.7 Å². The number of ether oxygens (including phenoxy) is 1. The van der Waals surface area contributed by atoms with Crippen LogP contribution in [0.1, 0.15) is 25.5 Å². The molecule has 0 amide bonds. The van der Waals surface area contributed by atoms with Gasteiger partial charge in [-0.05, 0) is 31.5 Å². The molecule has 76 valence electrons. The van der Waals surface area contributed by atoms with E-state index in [0.717, 1.165) is 5.56 Å². The van der Waals surface area contributed by atoms with E-state index in [9.17, 15) is 4.79 Å². The van der Waals surface area contributed by atoms with Gasteiger partial charge in [-0.3, -0.25) is 4.79 Å². The van der Waals surface area contributed by atoms with Crippen molar-refractivity contribution in [3.63, 3.8) is 0 Å². The van der Waals surface area contributed by atoms with Crippen molar-refractivity contribution in [2.24, 2.45) is 0 Å². The molecule has 1 unspecified atom stereocenters. The summed E-state index contributed by atoms with van der Waals surface area (Å²) < 4.78 is 5.34. The Kier molecular flexibility index (Phi) is 3.65. The first-order chi connectivity index (χ1) is 6.65. The zero-order chi connectivity index (χ0) is 10.6. The first kappa shape index (κ1) is 10.7. The summed E-state index contributed by atoms with van der Waals surface area (Å²) in [6, 6.07) is 6.18. The zero-order valence-electron chi connectivity index (χ0n) is 8.36. The fourth-order valence-electron chi connectivity index (χ4n) is 1.21. The molecule has 1 aromatic carbocycles. The Morgan fingerprint density at radius 2 is 2.21 bits per heavy atom. The molecule has 0 bridgehead atoms. The molecule has 1 atom stereocenters. The highest BCUT2D eigenvalue weighted by molar-refractivity contribution is 5.24. The summed E-state index contributed by atoms with van der Waals surface area (Å²) in [5, 5.41) is 9.16. The van der Waals surface area contributed by atoms with Crippen LogP contribution in [0, 0.1) is 0 Å². The van der Waals surface area contributed by atoms with E-state index in [1.807, 2.05) is 13.8 Å². The van der Waals surface area contributed by atoms with Crippen LogP contribution >= 0.6 is 0 Å². The minimum atomic E-state index is -0.378. The van der Waals surface area contributed by atoms with E-state index in [2.05, 4.69) is 0 Å². The quantitative estimate of drug-likeness (QED) is 0.798. The first-order valence-electron chi connectivity index (χ1n) is 4.60.